The third kappa shape index (κ3) is 3.66. The summed E-state index contributed by atoms with van der Waals surface area (Å²) >= 11 is 0. The van der Waals surface area contributed by atoms with E-state index in [0.29, 0.717) is 39.0 Å². The summed E-state index contributed by atoms with van der Waals surface area (Å²) < 4.78 is 26.0. The van der Waals surface area contributed by atoms with Gasteiger partial charge in [0.1, 0.15) is 0 Å². The van der Waals surface area contributed by atoms with Gasteiger partial charge in [-0.05, 0) is 38.2 Å². The standard InChI is InChI=1S/C19H29N3O3S/c1-2-26(24,25)22-14-10-19(11-15-22,16-6-4-3-5-7-16)18(23)21-12-8-17(20)9-13-21/h3-7,17H,2,8-15,20H2,1H3. The van der Waals surface area contributed by atoms with Crippen molar-refractivity contribution in [3.05, 3.63) is 35.9 Å². The highest BCUT2D eigenvalue weighted by atomic mass is 32.2. The number of likely N-dealkylation sites (tertiary alicyclic amines) is 1. The molecule has 0 saturated carbocycles. The SMILES string of the molecule is CCS(=O)(=O)N1CCC(C(=O)N2CCC(N)CC2)(c2ccccc2)CC1. The average Bonchev–Trinajstić information content (AvgIpc) is 2.68. The molecule has 2 heterocycles. The third-order valence-corrected chi connectivity index (χ3v) is 7.78. The molecule has 0 bridgehead atoms. The molecule has 26 heavy (non-hydrogen) atoms. The number of hydrogen-bond acceptors (Lipinski definition) is 4. The van der Waals surface area contributed by atoms with Crippen molar-refractivity contribution in [3.63, 3.8) is 0 Å². The molecule has 0 aliphatic carbocycles. The Hall–Kier alpha value is -1.44. The van der Waals surface area contributed by atoms with Crippen LogP contribution < -0.4 is 5.73 Å². The summed E-state index contributed by atoms with van der Waals surface area (Å²) in [5.74, 6) is 0.229. The molecule has 1 aromatic rings. The van der Waals surface area contributed by atoms with Crippen LogP contribution >= 0.6 is 0 Å². The first-order chi connectivity index (χ1) is 12.4. The lowest BCUT2D eigenvalue weighted by molar-refractivity contribution is -0.140. The summed E-state index contributed by atoms with van der Waals surface area (Å²) in [4.78, 5) is 15.5. The first-order valence-electron chi connectivity index (χ1n) is 9.47. The maximum Gasteiger partial charge on any atom is 0.233 e. The van der Waals surface area contributed by atoms with Gasteiger partial charge in [0.25, 0.3) is 0 Å². The summed E-state index contributed by atoms with van der Waals surface area (Å²) in [5, 5.41) is 0. The van der Waals surface area contributed by atoms with Crippen LogP contribution in [0.4, 0.5) is 0 Å². The molecular formula is C19H29N3O3S. The van der Waals surface area contributed by atoms with Gasteiger partial charge in [-0.15, -0.1) is 0 Å². The smallest absolute Gasteiger partial charge is 0.233 e. The van der Waals surface area contributed by atoms with Gasteiger partial charge in [-0.1, -0.05) is 30.3 Å². The first kappa shape index (κ1) is 19.3. The Kier molecular flexibility index (Phi) is 5.69. The molecular weight excluding hydrogens is 350 g/mol. The average molecular weight is 380 g/mol. The number of hydrogen-bond donors (Lipinski definition) is 1. The Labute approximate surface area is 156 Å². The van der Waals surface area contributed by atoms with E-state index >= 15 is 0 Å². The normalized spacial score (nSPS) is 22.3. The van der Waals surface area contributed by atoms with Crippen molar-refractivity contribution in [2.75, 3.05) is 31.9 Å². The van der Waals surface area contributed by atoms with Crippen LogP contribution in [0.2, 0.25) is 0 Å². The number of rotatable bonds is 4. The maximum atomic E-state index is 13.5. The van der Waals surface area contributed by atoms with Crippen LogP contribution in [0, 0.1) is 0 Å². The predicted molar refractivity (Wildman–Crippen MR) is 102 cm³/mol. The van der Waals surface area contributed by atoms with E-state index in [1.54, 1.807) is 6.92 Å². The zero-order chi connectivity index (χ0) is 18.8. The molecule has 2 fully saturated rings. The Bertz CT molecular complexity index is 720. The van der Waals surface area contributed by atoms with E-state index < -0.39 is 15.4 Å². The van der Waals surface area contributed by atoms with E-state index in [1.165, 1.54) is 4.31 Å². The van der Waals surface area contributed by atoms with Crippen LogP contribution in [-0.4, -0.2) is 61.5 Å². The van der Waals surface area contributed by atoms with Crippen LogP contribution in [0.3, 0.4) is 0 Å². The quantitative estimate of drug-likeness (QED) is 0.855. The summed E-state index contributed by atoms with van der Waals surface area (Å²) in [6.07, 6.45) is 2.70. The van der Waals surface area contributed by atoms with Crippen LogP contribution in [0.15, 0.2) is 30.3 Å². The second-order valence-corrected chi connectivity index (χ2v) is 9.63. The van der Waals surface area contributed by atoms with Gasteiger partial charge in [-0.3, -0.25) is 4.79 Å². The molecule has 2 aliphatic rings. The van der Waals surface area contributed by atoms with Gasteiger partial charge >= 0.3 is 0 Å². The molecule has 2 N–H and O–H groups in total. The highest BCUT2D eigenvalue weighted by Crippen LogP contribution is 2.38. The summed E-state index contributed by atoms with van der Waals surface area (Å²) in [5.41, 5.74) is 6.35. The fraction of sp³-hybridized carbons (Fsp3) is 0.632. The largest absolute Gasteiger partial charge is 0.342 e. The van der Waals surface area contributed by atoms with E-state index in [4.69, 9.17) is 5.73 Å². The van der Waals surface area contributed by atoms with E-state index in [2.05, 4.69) is 0 Å². The summed E-state index contributed by atoms with van der Waals surface area (Å²) in [7, 11) is -3.22. The van der Waals surface area contributed by atoms with Crippen LogP contribution in [0.1, 0.15) is 38.2 Å². The van der Waals surface area contributed by atoms with E-state index in [9.17, 15) is 13.2 Å². The topological polar surface area (TPSA) is 83.7 Å². The predicted octanol–water partition coefficient (Wildman–Crippen LogP) is 1.32. The number of amides is 1. The van der Waals surface area contributed by atoms with Gasteiger partial charge in [0.05, 0.1) is 11.2 Å². The first-order valence-corrected chi connectivity index (χ1v) is 11.1. The zero-order valence-electron chi connectivity index (χ0n) is 15.4. The molecule has 2 saturated heterocycles. The van der Waals surface area contributed by atoms with Crippen molar-refractivity contribution in [1.29, 1.82) is 0 Å². The molecule has 1 aromatic carbocycles. The van der Waals surface area contributed by atoms with Gasteiger partial charge in [0.2, 0.25) is 15.9 Å². The van der Waals surface area contributed by atoms with Gasteiger partial charge in [-0.2, -0.15) is 0 Å². The molecule has 2 aliphatic heterocycles. The Morgan fingerprint density at radius 3 is 2.23 bits per heavy atom. The maximum absolute atomic E-state index is 13.5. The molecule has 0 unspecified atom stereocenters. The number of carbonyl (C=O) groups excluding carboxylic acids is 1. The van der Waals surface area contributed by atoms with Crippen molar-refractivity contribution < 1.29 is 13.2 Å². The molecule has 0 aromatic heterocycles. The van der Waals surface area contributed by atoms with Crippen molar-refractivity contribution in [2.45, 2.75) is 44.1 Å². The van der Waals surface area contributed by atoms with Crippen molar-refractivity contribution in [3.8, 4) is 0 Å². The van der Waals surface area contributed by atoms with Crippen molar-refractivity contribution >= 4 is 15.9 Å². The van der Waals surface area contributed by atoms with Crippen LogP contribution in [0.25, 0.3) is 0 Å². The highest BCUT2D eigenvalue weighted by molar-refractivity contribution is 7.89. The molecule has 7 heteroatoms. The molecule has 0 radical (unpaired) electrons. The monoisotopic (exact) mass is 379 g/mol. The minimum atomic E-state index is -3.22. The molecule has 3 rings (SSSR count). The van der Waals surface area contributed by atoms with Gasteiger partial charge in [-0.25, -0.2) is 12.7 Å². The van der Waals surface area contributed by atoms with Crippen molar-refractivity contribution in [1.82, 2.24) is 9.21 Å². The summed E-state index contributed by atoms with van der Waals surface area (Å²) in [6, 6.07) is 10.0. The second kappa shape index (κ2) is 7.66. The van der Waals surface area contributed by atoms with Gasteiger partial charge in [0, 0.05) is 32.2 Å². The second-order valence-electron chi connectivity index (χ2n) is 7.38. The van der Waals surface area contributed by atoms with E-state index in [1.807, 2.05) is 35.2 Å². The molecule has 0 atom stereocenters. The lowest BCUT2D eigenvalue weighted by Gasteiger charge is -2.44. The number of piperidine rings is 2. The van der Waals surface area contributed by atoms with Crippen LogP contribution in [0.5, 0.6) is 0 Å². The van der Waals surface area contributed by atoms with Crippen LogP contribution in [-0.2, 0) is 20.2 Å². The minimum Gasteiger partial charge on any atom is -0.342 e. The number of nitrogens with zero attached hydrogens (tertiary/aromatic N) is 2. The van der Waals surface area contributed by atoms with E-state index in [-0.39, 0.29) is 17.7 Å². The Balaban J connectivity index is 1.87. The van der Waals surface area contributed by atoms with Crippen molar-refractivity contribution in [2.24, 2.45) is 5.73 Å². The number of benzene rings is 1. The molecule has 1 amide bonds. The molecule has 6 nitrogen and oxygen atoms in total. The fourth-order valence-electron chi connectivity index (χ4n) is 4.12. The zero-order valence-corrected chi connectivity index (χ0v) is 16.2. The molecule has 144 valence electrons. The molecule has 0 spiro atoms. The van der Waals surface area contributed by atoms with Gasteiger partial charge in [0.15, 0.2) is 0 Å². The number of sulfonamides is 1. The highest BCUT2D eigenvalue weighted by Gasteiger charge is 2.46. The van der Waals surface area contributed by atoms with E-state index in [0.717, 1.165) is 18.4 Å². The summed E-state index contributed by atoms with van der Waals surface area (Å²) in [6.45, 7) is 3.82. The fourth-order valence-corrected chi connectivity index (χ4v) is 5.22. The lowest BCUT2D eigenvalue weighted by atomic mass is 9.71. The number of carbonyl (C=O) groups is 1. The Morgan fingerprint density at radius 2 is 1.69 bits per heavy atom. The third-order valence-electron chi connectivity index (χ3n) is 5.90. The van der Waals surface area contributed by atoms with Gasteiger partial charge < -0.3 is 10.6 Å². The minimum absolute atomic E-state index is 0.100. The lowest BCUT2D eigenvalue weighted by Crippen LogP contribution is -2.56. The number of nitrogens with two attached hydrogens (primary N) is 1. The Morgan fingerprint density at radius 1 is 1.12 bits per heavy atom.